The zero-order chi connectivity index (χ0) is 24.0. The SMILES string of the molecule is Cc1ccc(C(NC(=O)CCCN(c2ccc(C)c(C)c2)S(C)(=O)=O)c2ccccc2)cc1. The lowest BCUT2D eigenvalue weighted by Gasteiger charge is -2.24. The summed E-state index contributed by atoms with van der Waals surface area (Å²) in [5, 5.41) is 3.13. The van der Waals surface area contributed by atoms with Gasteiger partial charge in [-0.1, -0.05) is 66.2 Å². The van der Waals surface area contributed by atoms with Gasteiger partial charge in [0.15, 0.2) is 0 Å². The van der Waals surface area contributed by atoms with Crippen LogP contribution < -0.4 is 9.62 Å². The van der Waals surface area contributed by atoms with Crippen LogP contribution in [0.2, 0.25) is 0 Å². The summed E-state index contributed by atoms with van der Waals surface area (Å²) in [4.78, 5) is 12.9. The monoisotopic (exact) mass is 464 g/mol. The van der Waals surface area contributed by atoms with Gasteiger partial charge in [0, 0.05) is 13.0 Å². The van der Waals surface area contributed by atoms with E-state index in [9.17, 15) is 13.2 Å². The molecule has 0 saturated heterocycles. The minimum atomic E-state index is -3.46. The summed E-state index contributed by atoms with van der Waals surface area (Å²) >= 11 is 0. The van der Waals surface area contributed by atoms with Crippen molar-refractivity contribution in [1.82, 2.24) is 5.32 Å². The molecule has 0 aliphatic rings. The van der Waals surface area contributed by atoms with Gasteiger partial charge in [0.2, 0.25) is 15.9 Å². The van der Waals surface area contributed by atoms with Crippen LogP contribution in [0.25, 0.3) is 0 Å². The molecular formula is C27H32N2O3S. The second kappa shape index (κ2) is 10.7. The van der Waals surface area contributed by atoms with Gasteiger partial charge < -0.3 is 5.32 Å². The van der Waals surface area contributed by atoms with Crippen molar-refractivity contribution in [3.05, 3.63) is 101 Å². The number of carbonyl (C=O) groups excluding carboxylic acids is 1. The third kappa shape index (κ3) is 6.68. The van der Waals surface area contributed by atoms with Crippen molar-refractivity contribution in [2.75, 3.05) is 17.1 Å². The van der Waals surface area contributed by atoms with Gasteiger partial charge in [-0.25, -0.2) is 8.42 Å². The summed E-state index contributed by atoms with van der Waals surface area (Å²) in [5.74, 6) is -0.113. The van der Waals surface area contributed by atoms with Crippen LogP contribution in [0.15, 0.2) is 72.8 Å². The van der Waals surface area contributed by atoms with E-state index in [1.165, 1.54) is 10.6 Å². The fourth-order valence-corrected chi connectivity index (χ4v) is 4.70. The van der Waals surface area contributed by atoms with E-state index in [-0.39, 0.29) is 24.9 Å². The van der Waals surface area contributed by atoms with Crippen LogP contribution in [-0.2, 0) is 14.8 Å². The van der Waals surface area contributed by atoms with Gasteiger partial charge in [-0.3, -0.25) is 9.10 Å². The van der Waals surface area contributed by atoms with Crippen LogP contribution in [0.4, 0.5) is 5.69 Å². The van der Waals surface area contributed by atoms with Gasteiger partial charge in [-0.2, -0.15) is 0 Å². The summed E-state index contributed by atoms with van der Waals surface area (Å²) in [6, 6.07) is 23.3. The third-order valence-corrected chi connectivity index (χ3v) is 6.99. The van der Waals surface area contributed by atoms with Crippen LogP contribution in [0.3, 0.4) is 0 Å². The summed E-state index contributed by atoms with van der Waals surface area (Å²) in [6.45, 7) is 6.23. The fourth-order valence-electron chi connectivity index (χ4n) is 3.75. The Labute approximate surface area is 197 Å². The first-order valence-electron chi connectivity index (χ1n) is 11.1. The Morgan fingerprint density at radius 3 is 2.12 bits per heavy atom. The van der Waals surface area contributed by atoms with Crippen molar-refractivity contribution in [1.29, 1.82) is 0 Å². The second-order valence-electron chi connectivity index (χ2n) is 8.53. The van der Waals surface area contributed by atoms with Gasteiger partial charge in [0.25, 0.3) is 0 Å². The smallest absolute Gasteiger partial charge is 0.232 e. The molecule has 1 N–H and O–H groups in total. The van der Waals surface area contributed by atoms with Crippen molar-refractivity contribution in [3.8, 4) is 0 Å². The molecule has 0 radical (unpaired) electrons. The second-order valence-corrected chi connectivity index (χ2v) is 10.4. The number of aryl methyl sites for hydroxylation is 3. The number of sulfonamides is 1. The Morgan fingerprint density at radius 2 is 1.52 bits per heavy atom. The van der Waals surface area contributed by atoms with Crippen LogP contribution in [0.1, 0.15) is 46.7 Å². The van der Waals surface area contributed by atoms with Crippen molar-refractivity contribution in [2.45, 2.75) is 39.7 Å². The van der Waals surface area contributed by atoms with E-state index in [1.807, 2.05) is 93.6 Å². The average Bonchev–Trinajstić information content (AvgIpc) is 2.77. The van der Waals surface area contributed by atoms with Crippen molar-refractivity contribution < 1.29 is 13.2 Å². The molecule has 0 heterocycles. The maximum Gasteiger partial charge on any atom is 0.232 e. The molecular weight excluding hydrogens is 432 g/mol. The molecule has 0 spiro atoms. The molecule has 33 heavy (non-hydrogen) atoms. The van der Waals surface area contributed by atoms with Gasteiger partial charge in [-0.05, 0) is 61.6 Å². The first-order chi connectivity index (χ1) is 15.6. The number of amides is 1. The lowest BCUT2D eigenvalue weighted by Crippen LogP contribution is -2.33. The predicted octanol–water partition coefficient (Wildman–Crippen LogP) is 5.06. The number of benzene rings is 3. The van der Waals surface area contributed by atoms with Crippen molar-refractivity contribution in [2.24, 2.45) is 0 Å². The zero-order valence-electron chi connectivity index (χ0n) is 19.7. The van der Waals surface area contributed by atoms with Crippen LogP contribution >= 0.6 is 0 Å². The van der Waals surface area contributed by atoms with Gasteiger partial charge >= 0.3 is 0 Å². The van der Waals surface area contributed by atoms with Crippen molar-refractivity contribution >= 4 is 21.6 Å². The molecule has 0 aliphatic carbocycles. The van der Waals surface area contributed by atoms with E-state index in [1.54, 1.807) is 0 Å². The van der Waals surface area contributed by atoms with E-state index in [0.29, 0.717) is 12.1 Å². The molecule has 0 bridgehead atoms. The number of nitrogens with one attached hydrogen (secondary N) is 1. The molecule has 0 saturated carbocycles. The van der Waals surface area contributed by atoms with Crippen LogP contribution in [-0.4, -0.2) is 27.1 Å². The Kier molecular flexibility index (Phi) is 7.92. The lowest BCUT2D eigenvalue weighted by molar-refractivity contribution is -0.121. The number of hydrogen-bond acceptors (Lipinski definition) is 3. The summed E-state index contributed by atoms with van der Waals surface area (Å²) in [7, 11) is -3.46. The van der Waals surface area contributed by atoms with Crippen molar-refractivity contribution in [3.63, 3.8) is 0 Å². The summed E-state index contributed by atoms with van der Waals surface area (Å²) in [6.07, 6.45) is 1.85. The topological polar surface area (TPSA) is 66.5 Å². The fraction of sp³-hybridized carbons (Fsp3) is 0.296. The van der Waals surface area contributed by atoms with E-state index in [2.05, 4.69) is 5.32 Å². The van der Waals surface area contributed by atoms with Gasteiger partial charge in [0.05, 0.1) is 18.0 Å². The maximum absolute atomic E-state index is 12.9. The molecule has 6 heteroatoms. The highest BCUT2D eigenvalue weighted by atomic mass is 32.2. The highest BCUT2D eigenvalue weighted by molar-refractivity contribution is 7.92. The normalized spacial score (nSPS) is 12.2. The molecule has 3 aromatic rings. The molecule has 0 aromatic heterocycles. The molecule has 0 fully saturated rings. The summed E-state index contributed by atoms with van der Waals surface area (Å²) < 4.78 is 26.2. The Balaban J connectivity index is 1.70. The molecule has 1 unspecified atom stereocenters. The highest BCUT2D eigenvalue weighted by Gasteiger charge is 2.20. The van der Waals surface area contributed by atoms with Crippen LogP contribution in [0.5, 0.6) is 0 Å². The number of nitrogens with zero attached hydrogens (tertiary/aromatic N) is 1. The molecule has 0 aliphatic heterocycles. The highest BCUT2D eigenvalue weighted by Crippen LogP contribution is 2.24. The molecule has 1 amide bonds. The minimum absolute atomic E-state index is 0.113. The lowest BCUT2D eigenvalue weighted by atomic mass is 9.97. The Bertz CT molecular complexity index is 1190. The third-order valence-electron chi connectivity index (χ3n) is 5.79. The Hall–Kier alpha value is -3.12. The Morgan fingerprint density at radius 1 is 0.879 bits per heavy atom. The zero-order valence-corrected chi connectivity index (χ0v) is 20.5. The maximum atomic E-state index is 12.9. The number of hydrogen-bond donors (Lipinski definition) is 1. The van der Waals surface area contributed by atoms with E-state index in [4.69, 9.17) is 0 Å². The number of anilines is 1. The number of rotatable bonds is 9. The average molecular weight is 465 g/mol. The summed E-state index contributed by atoms with van der Waals surface area (Å²) in [5.41, 5.74) is 5.93. The molecule has 3 aromatic carbocycles. The predicted molar refractivity (Wildman–Crippen MR) is 135 cm³/mol. The quantitative estimate of drug-likeness (QED) is 0.481. The molecule has 174 valence electrons. The minimum Gasteiger partial charge on any atom is -0.345 e. The van der Waals surface area contributed by atoms with Gasteiger partial charge in [0.1, 0.15) is 0 Å². The number of carbonyl (C=O) groups is 1. The standard InChI is InChI=1S/C27H32N2O3S/c1-20-12-15-24(16-13-20)27(23-9-6-5-7-10-23)28-26(30)11-8-18-29(33(4,31)32)25-17-14-21(2)22(3)19-25/h5-7,9-10,12-17,19,27H,8,11,18H2,1-4H3,(H,28,30). The van der Waals surface area contributed by atoms with E-state index in [0.717, 1.165) is 27.8 Å². The molecule has 5 nitrogen and oxygen atoms in total. The molecule has 1 atom stereocenters. The van der Waals surface area contributed by atoms with Gasteiger partial charge in [-0.15, -0.1) is 0 Å². The van der Waals surface area contributed by atoms with Crippen LogP contribution in [0, 0.1) is 20.8 Å². The largest absolute Gasteiger partial charge is 0.345 e. The van der Waals surface area contributed by atoms with E-state index >= 15 is 0 Å². The first kappa shape index (κ1) is 24.5. The molecule has 3 rings (SSSR count). The first-order valence-corrected chi connectivity index (χ1v) is 13.0. The van der Waals surface area contributed by atoms with E-state index < -0.39 is 10.0 Å².